The molecule has 2 atom stereocenters. The molecule has 0 radical (unpaired) electrons. The zero-order valence-corrected chi connectivity index (χ0v) is 24.9. The number of carbonyl (C=O) groups excluding carboxylic acids is 2. The van der Waals surface area contributed by atoms with Crippen molar-refractivity contribution in [1.29, 1.82) is 0 Å². The number of dihydropyridines is 1. The van der Waals surface area contributed by atoms with Crippen molar-refractivity contribution in [3.8, 4) is 28.7 Å². The maximum atomic E-state index is 14.1. The predicted octanol–water partition coefficient (Wildman–Crippen LogP) is 5.82. The van der Waals surface area contributed by atoms with Crippen molar-refractivity contribution < 1.29 is 33.6 Å². The summed E-state index contributed by atoms with van der Waals surface area (Å²) in [5.41, 5.74) is 4.45. The lowest BCUT2D eigenvalue weighted by Crippen LogP contribution is -2.37. The van der Waals surface area contributed by atoms with Gasteiger partial charge in [0.25, 0.3) is 5.91 Å². The first-order chi connectivity index (χ1) is 20.8. The molecular formula is C34H36N2O7. The van der Waals surface area contributed by atoms with Crippen LogP contribution in [0.5, 0.6) is 28.7 Å². The molecule has 0 spiro atoms. The first-order valence-electron chi connectivity index (χ1n) is 14.2. The highest BCUT2D eigenvalue weighted by molar-refractivity contribution is 6.10. The molecule has 2 aliphatic rings. The molecule has 0 saturated heterocycles. The van der Waals surface area contributed by atoms with Crippen LogP contribution in [0, 0.1) is 0 Å². The Bertz CT molecular complexity index is 1620. The predicted molar refractivity (Wildman–Crippen MR) is 163 cm³/mol. The van der Waals surface area contributed by atoms with Gasteiger partial charge in [0.05, 0.1) is 33.6 Å². The standard InChI is InChI=1S/C34H36N2O7/c1-6-43-29-18-21(11-13-25(29)37)32-31(34(39)36-23-9-7-8-10-27(23)40-3)19(2)35-24-15-22(16-26(38)33(24)32)20-12-14-28(41-4)30(17-20)42-5/h7-14,17-18,22,32,35,37H,6,15-16H2,1-5H3,(H,36,39)/t22-,32-/m1/s1. The Kier molecular flexibility index (Phi) is 8.61. The summed E-state index contributed by atoms with van der Waals surface area (Å²) in [6.07, 6.45) is 0.811. The number of rotatable bonds is 9. The lowest BCUT2D eigenvalue weighted by atomic mass is 9.71. The summed E-state index contributed by atoms with van der Waals surface area (Å²) in [4.78, 5) is 28.1. The Morgan fingerprint density at radius 1 is 0.907 bits per heavy atom. The molecular weight excluding hydrogens is 548 g/mol. The first kappa shape index (κ1) is 29.6. The fourth-order valence-corrected chi connectivity index (χ4v) is 5.93. The van der Waals surface area contributed by atoms with Gasteiger partial charge in [0.15, 0.2) is 28.8 Å². The third-order valence-corrected chi connectivity index (χ3v) is 7.92. The van der Waals surface area contributed by atoms with Crippen LogP contribution in [0.4, 0.5) is 5.69 Å². The van der Waals surface area contributed by atoms with Crippen LogP contribution in [-0.2, 0) is 9.59 Å². The molecule has 1 aliphatic heterocycles. The van der Waals surface area contributed by atoms with Gasteiger partial charge in [-0.15, -0.1) is 0 Å². The maximum Gasteiger partial charge on any atom is 0.254 e. The largest absolute Gasteiger partial charge is 0.504 e. The molecule has 0 fully saturated rings. The molecule has 3 aromatic carbocycles. The molecule has 9 heteroatoms. The van der Waals surface area contributed by atoms with Crippen molar-refractivity contribution in [2.24, 2.45) is 0 Å². The van der Waals surface area contributed by atoms with E-state index in [-0.39, 0.29) is 35.5 Å². The summed E-state index contributed by atoms with van der Waals surface area (Å²) in [6, 6.07) is 17.8. The van der Waals surface area contributed by atoms with Crippen LogP contribution < -0.4 is 29.6 Å². The summed E-state index contributed by atoms with van der Waals surface area (Å²) >= 11 is 0. The third-order valence-electron chi connectivity index (χ3n) is 7.92. The van der Waals surface area contributed by atoms with E-state index in [2.05, 4.69) is 10.6 Å². The number of nitrogens with one attached hydrogen (secondary N) is 2. The van der Waals surface area contributed by atoms with Crippen LogP contribution in [0.3, 0.4) is 0 Å². The van der Waals surface area contributed by atoms with Crippen LogP contribution in [0.15, 0.2) is 83.2 Å². The summed E-state index contributed by atoms with van der Waals surface area (Å²) < 4.78 is 22.0. The van der Waals surface area contributed by atoms with Gasteiger partial charge in [-0.3, -0.25) is 9.59 Å². The summed E-state index contributed by atoms with van der Waals surface area (Å²) in [5, 5.41) is 16.8. The number of ketones is 1. The number of amides is 1. The van der Waals surface area contributed by atoms with Gasteiger partial charge in [-0.25, -0.2) is 0 Å². The number of benzene rings is 3. The molecule has 0 saturated carbocycles. The number of phenols is 1. The normalized spacial score (nSPS) is 18.0. The van der Waals surface area contributed by atoms with Crippen molar-refractivity contribution in [2.75, 3.05) is 33.3 Å². The molecule has 0 bridgehead atoms. The van der Waals surface area contributed by atoms with Gasteiger partial charge in [-0.2, -0.15) is 0 Å². The number of anilines is 1. The highest BCUT2D eigenvalue weighted by Crippen LogP contribution is 2.47. The second kappa shape index (κ2) is 12.5. The second-order valence-electron chi connectivity index (χ2n) is 10.4. The second-order valence-corrected chi connectivity index (χ2v) is 10.4. The Morgan fingerprint density at radius 2 is 1.60 bits per heavy atom. The fourth-order valence-electron chi connectivity index (χ4n) is 5.93. The number of ether oxygens (including phenoxy) is 4. The van der Waals surface area contributed by atoms with E-state index in [0.717, 1.165) is 11.3 Å². The number of aromatic hydroxyl groups is 1. The fraction of sp³-hybridized carbons (Fsp3) is 0.294. The topological polar surface area (TPSA) is 115 Å². The van der Waals surface area contributed by atoms with E-state index in [1.54, 1.807) is 45.6 Å². The van der Waals surface area contributed by atoms with Gasteiger partial charge in [0.2, 0.25) is 0 Å². The van der Waals surface area contributed by atoms with E-state index < -0.39 is 5.92 Å². The van der Waals surface area contributed by atoms with Crippen molar-refractivity contribution in [3.05, 3.63) is 94.3 Å². The molecule has 1 heterocycles. The molecule has 5 rings (SSSR count). The van der Waals surface area contributed by atoms with E-state index in [1.807, 2.05) is 44.2 Å². The smallest absolute Gasteiger partial charge is 0.254 e. The first-order valence-corrected chi connectivity index (χ1v) is 14.2. The number of allylic oxidation sites excluding steroid dienone is 3. The number of methoxy groups -OCH3 is 3. The number of carbonyl (C=O) groups is 2. The van der Waals surface area contributed by atoms with Gasteiger partial charge in [0.1, 0.15) is 5.75 Å². The monoisotopic (exact) mass is 584 g/mol. The van der Waals surface area contributed by atoms with Gasteiger partial charge in [0, 0.05) is 34.9 Å². The maximum absolute atomic E-state index is 14.1. The van der Waals surface area contributed by atoms with Gasteiger partial charge in [-0.05, 0) is 73.7 Å². The Balaban J connectivity index is 1.58. The SMILES string of the molecule is CCOc1cc([C@@H]2C(C(=O)Nc3ccccc3OC)=C(C)NC3=C2C(=O)C[C@H](c2ccc(OC)c(OC)c2)C3)ccc1O. The van der Waals surface area contributed by atoms with Crippen molar-refractivity contribution in [3.63, 3.8) is 0 Å². The average Bonchev–Trinajstić information content (AvgIpc) is 3.01. The van der Waals surface area contributed by atoms with Gasteiger partial charge < -0.3 is 34.7 Å². The van der Waals surface area contributed by atoms with Crippen LogP contribution in [0.2, 0.25) is 0 Å². The zero-order chi connectivity index (χ0) is 30.7. The van der Waals surface area contributed by atoms with Crippen molar-refractivity contribution >= 4 is 17.4 Å². The Labute approximate surface area is 251 Å². The van der Waals surface area contributed by atoms with Gasteiger partial charge in [-0.1, -0.05) is 24.3 Å². The minimum Gasteiger partial charge on any atom is -0.504 e. The van der Waals surface area contributed by atoms with Crippen LogP contribution in [-0.4, -0.2) is 44.7 Å². The number of phenolic OH excluding ortho intramolecular Hbond substituents is 1. The van der Waals surface area contributed by atoms with E-state index >= 15 is 0 Å². The summed E-state index contributed by atoms with van der Waals surface area (Å²) in [7, 11) is 4.71. The van der Waals surface area contributed by atoms with Crippen LogP contribution >= 0.6 is 0 Å². The van der Waals surface area contributed by atoms with E-state index in [9.17, 15) is 14.7 Å². The molecule has 0 aromatic heterocycles. The minimum absolute atomic E-state index is 0.0158. The lowest BCUT2D eigenvalue weighted by Gasteiger charge is -2.37. The minimum atomic E-state index is -0.690. The molecule has 3 aromatic rings. The molecule has 1 aliphatic carbocycles. The van der Waals surface area contributed by atoms with E-state index in [4.69, 9.17) is 18.9 Å². The molecule has 0 unspecified atom stereocenters. The highest BCUT2D eigenvalue weighted by Gasteiger charge is 2.41. The van der Waals surface area contributed by atoms with Crippen LogP contribution in [0.25, 0.3) is 0 Å². The molecule has 9 nitrogen and oxygen atoms in total. The Morgan fingerprint density at radius 3 is 2.33 bits per heavy atom. The lowest BCUT2D eigenvalue weighted by molar-refractivity contribution is -0.116. The quantitative estimate of drug-likeness (QED) is 0.288. The highest BCUT2D eigenvalue weighted by atomic mass is 16.5. The van der Waals surface area contributed by atoms with E-state index in [0.29, 0.717) is 58.4 Å². The van der Waals surface area contributed by atoms with Crippen molar-refractivity contribution in [2.45, 2.75) is 38.5 Å². The molecule has 1 amide bonds. The summed E-state index contributed by atoms with van der Waals surface area (Å²) in [5.74, 6) is 0.772. The Hall–Kier alpha value is -4.92. The number of Topliss-reactive ketones (excluding diaryl/α,β-unsaturated/α-hetero) is 1. The number of para-hydroxylation sites is 2. The van der Waals surface area contributed by atoms with Crippen molar-refractivity contribution in [1.82, 2.24) is 5.32 Å². The molecule has 43 heavy (non-hydrogen) atoms. The number of hydrogen-bond acceptors (Lipinski definition) is 8. The molecule has 3 N–H and O–H groups in total. The number of hydrogen-bond donors (Lipinski definition) is 3. The zero-order valence-electron chi connectivity index (χ0n) is 24.9. The third kappa shape index (κ3) is 5.75. The van der Waals surface area contributed by atoms with E-state index in [1.165, 1.54) is 6.07 Å². The average molecular weight is 585 g/mol. The van der Waals surface area contributed by atoms with Crippen LogP contribution in [0.1, 0.15) is 49.7 Å². The van der Waals surface area contributed by atoms with Gasteiger partial charge >= 0.3 is 0 Å². The summed E-state index contributed by atoms with van der Waals surface area (Å²) in [6.45, 7) is 4.01. The molecule has 224 valence electrons.